The van der Waals surface area contributed by atoms with Crippen molar-refractivity contribution in [2.75, 3.05) is 38.1 Å². The number of hydrogen-bond acceptors (Lipinski definition) is 2. The summed E-state index contributed by atoms with van der Waals surface area (Å²) >= 11 is 0. The fourth-order valence-electron chi connectivity index (χ4n) is 2.47. The van der Waals surface area contributed by atoms with E-state index in [1.54, 1.807) is 0 Å². The molecule has 0 radical (unpaired) electrons. The van der Waals surface area contributed by atoms with Crippen LogP contribution in [0.25, 0.3) is 6.08 Å². The third kappa shape index (κ3) is 3.79. The molecular weight excluding hydrogens is 277 g/mol. The first-order chi connectivity index (χ1) is 9.79. The van der Waals surface area contributed by atoms with Crippen LogP contribution in [0.15, 0.2) is 23.8 Å². The fraction of sp³-hybridized carbons (Fsp3) is 0.500. The van der Waals surface area contributed by atoms with E-state index in [4.69, 9.17) is 0 Å². The molecule has 0 saturated carbocycles. The minimum absolute atomic E-state index is 0.563. The zero-order valence-corrected chi connectivity index (χ0v) is 12.7. The highest BCUT2D eigenvalue weighted by Crippen LogP contribution is 2.32. The van der Waals surface area contributed by atoms with Crippen LogP contribution >= 0.6 is 0 Å². The van der Waals surface area contributed by atoms with Gasteiger partial charge in [0.25, 0.3) is 0 Å². The molecule has 2 nitrogen and oxygen atoms in total. The van der Waals surface area contributed by atoms with E-state index in [0.717, 1.165) is 44.4 Å². The topological polar surface area (TPSA) is 6.48 Å². The smallest absolute Gasteiger partial charge is 0.368 e. The number of alkyl halides is 3. The van der Waals surface area contributed by atoms with E-state index in [9.17, 15) is 13.2 Å². The Bertz CT molecular complexity index is 527. The number of piperazine rings is 1. The van der Waals surface area contributed by atoms with Crippen molar-refractivity contribution >= 4 is 11.8 Å². The molecule has 0 unspecified atom stereocenters. The summed E-state index contributed by atoms with van der Waals surface area (Å²) in [7, 11) is 2.06. The van der Waals surface area contributed by atoms with Gasteiger partial charge in [-0.1, -0.05) is 12.1 Å². The van der Waals surface area contributed by atoms with Gasteiger partial charge < -0.3 is 9.80 Å². The van der Waals surface area contributed by atoms with Crippen LogP contribution in [0.1, 0.15) is 18.1 Å². The summed E-state index contributed by atoms with van der Waals surface area (Å²) < 4.78 is 38.4. The van der Waals surface area contributed by atoms with Crippen molar-refractivity contribution < 1.29 is 13.2 Å². The molecule has 2 rings (SSSR count). The summed E-state index contributed by atoms with van der Waals surface area (Å²) in [6.07, 6.45) is -3.01. The number of likely N-dealkylation sites (N-methyl/N-ethyl adjacent to an activating group) is 1. The molecule has 0 spiro atoms. The third-order valence-electron chi connectivity index (χ3n) is 3.95. The molecule has 0 atom stereocenters. The molecule has 1 fully saturated rings. The number of nitrogens with zero attached hydrogens (tertiary/aromatic N) is 2. The van der Waals surface area contributed by atoms with Gasteiger partial charge in [0, 0.05) is 43.0 Å². The van der Waals surface area contributed by atoms with Gasteiger partial charge in [-0.2, -0.15) is 13.2 Å². The first-order valence-electron chi connectivity index (χ1n) is 7.07. The molecular formula is C16H21F3N2. The molecule has 116 valence electrons. The Balaban J connectivity index is 2.37. The first kappa shape index (κ1) is 15.9. The van der Waals surface area contributed by atoms with Gasteiger partial charge >= 0.3 is 6.18 Å². The van der Waals surface area contributed by atoms with E-state index in [1.165, 1.54) is 6.08 Å². The number of allylic oxidation sites excluding steroid dienone is 1. The Morgan fingerprint density at radius 1 is 1.14 bits per heavy atom. The van der Waals surface area contributed by atoms with E-state index < -0.39 is 11.7 Å². The molecule has 1 aliphatic heterocycles. The maximum absolute atomic E-state index is 12.8. The lowest BCUT2D eigenvalue weighted by molar-refractivity contribution is -0.0903. The van der Waals surface area contributed by atoms with Crippen molar-refractivity contribution in [1.29, 1.82) is 0 Å². The van der Waals surface area contributed by atoms with E-state index in [2.05, 4.69) is 16.8 Å². The Kier molecular flexibility index (Phi) is 4.61. The minimum Gasteiger partial charge on any atom is -0.368 e. The highest BCUT2D eigenvalue weighted by molar-refractivity contribution is 5.72. The van der Waals surface area contributed by atoms with Gasteiger partial charge in [0.05, 0.1) is 0 Å². The standard InChI is InChI=1S/C16H21F3N2/c1-12-5-4-6-15(21-9-7-20(3)8-10-21)14(12)11-13(2)16(17,18)19/h4-6,11H,7-10H2,1-3H3/b13-11+. The van der Waals surface area contributed by atoms with E-state index in [-0.39, 0.29) is 0 Å². The van der Waals surface area contributed by atoms with Crippen molar-refractivity contribution in [3.8, 4) is 0 Å². The maximum atomic E-state index is 12.8. The second-order valence-corrected chi connectivity index (χ2v) is 5.62. The molecule has 0 aliphatic carbocycles. The summed E-state index contributed by atoms with van der Waals surface area (Å²) in [5.74, 6) is 0. The zero-order chi connectivity index (χ0) is 15.6. The zero-order valence-electron chi connectivity index (χ0n) is 12.7. The molecule has 0 N–H and O–H groups in total. The van der Waals surface area contributed by atoms with Crippen LogP contribution in [-0.4, -0.2) is 44.3 Å². The average Bonchev–Trinajstić information content (AvgIpc) is 2.41. The van der Waals surface area contributed by atoms with Crippen LogP contribution in [-0.2, 0) is 0 Å². The Morgan fingerprint density at radius 3 is 2.33 bits per heavy atom. The number of benzene rings is 1. The summed E-state index contributed by atoms with van der Waals surface area (Å²) in [4.78, 5) is 4.39. The predicted molar refractivity (Wildman–Crippen MR) is 80.6 cm³/mol. The van der Waals surface area contributed by atoms with Gasteiger partial charge in [-0.15, -0.1) is 0 Å². The van der Waals surface area contributed by atoms with Gasteiger partial charge in [-0.3, -0.25) is 0 Å². The normalized spacial score (nSPS) is 18.2. The van der Waals surface area contributed by atoms with Crippen molar-refractivity contribution in [2.24, 2.45) is 0 Å². The second kappa shape index (κ2) is 6.10. The summed E-state index contributed by atoms with van der Waals surface area (Å²) in [5.41, 5.74) is 1.88. The monoisotopic (exact) mass is 298 g/mol. The van der Waals surface area contributed by atoms with Gasteiger partial charge in [0.1, 0.15) is 0 Å². The molecule has 1 aromatic carbocycles. The molecule has 5 heteroatoms. The quantitative estimate of drug-likeness (QED) is 0.821. The van der Waals surface area contributed by atoms with Gasteiger partial charge in [0.15, 0.2) is 0 Å². The molecule has 0 bridgehead atoms. The lowest BCUT2D eigenvalue weighted by Gasteiger charge is -2.35. The highest BCUT2D eigenvalue weighted by Gasteiger charge is 2.30. The lowest BCUT2D eigenvalue weighted by atomic mass is 10.0. The average molecular weight is 298 g/mol. The molecule has 1 saturated heterocycles. The fourth-order valence-corrected chi connectivity index (χ4v) is 2.47. The number of aryl methyl sites for hydroxylation is 1. The van der Waals surface area contributed by atoms with Crippen LogP contribution in [0.3, 0.4) is 0 Å². The van der Waals surface area contributed by atoms with Crippen LogP contribution in [0.4, 0.5) is 18.9 Å². The summed E-state index contributed by atoms with van der Waals surface area (Å²) in [5, 5.41) is 0. The third-order valence-corrected chi connectivity index (χ3v) is 3.95. The van der Waals surface area contributed by atoms with Crippen molar-refractivity contribution in [2.45, 2.75) is 20.0 Å². The Morgan fingerprint density at radius 2 is 1.76 bits per heavy atom. The van der Waals surface area contributed by atoms with Gasteiger partial charge in [-0.25, -0.2) is 0 Å². The first-order valence-corrected chi connectivity index (χ1v) is 7.07. The minimum atomic E-state index is -4.28. The van der Waals surface area contributed by atoms with Crippen LogP contribution in [0.2, 0.25) is 0 Å². The number of anilines is 1. The SMILES string of the molecule is C/C(=C\c1c(C)cccc1N1CCN(C)CC1)C(F)(F)F. The molecule has 1 aliphatic rings. The largest absolute Gasteiger partial charge is 0.412 e. The molecule has 21 heavy (non-hydrogen) atoms. The Hall–Kier alpha value is -1.49. The summed E-state index contributed by atoms with van der Waals surface area (Å²) in [6, 6.07) is 5.67. The Labute approximate surface area is 123 Å². The van der Waals surface area contributed by atoms with E-state index >= 15 is 0 Å². The van der Waals surface area contributed by atoms with Crippen molar-refractivity contribution in [1.82, 2.24) is 4.90 Å². The molecule has 1 heterocycles. The summed E-state index contributed by atoms with van der Waals surface area (Å²) in [6.45, 7) is 6.51. The number of rotatable bonds is 2. The van der Waals surface area contributed by atoms with Crippen LogP contribution in [0, 0.1) is 6.92 Å². The number of halogens is 3. The maximum Gasteiger partial charge on any atom is 0.412 e. The molecule has 0 aromatic heterocycles. The van der Waals surface area contributed by atoms with E-state index in [0.29, 0.717) is 5.56 Å². The van der Waals surface area contributed by atoms with E-state index in [1.807, 2.05) is 25.1 Å². The van der Waals surface area contributed by atoms with Crippen molar-refractivity contribution in [3.63, 3.8) is 0 Å². The molecule has 0 amide bonds. The second-order valence-electron chi connectivity index (χ2n) is 5.62. The van der Waals surface area contributed by atoms with Crippen LogP contribution < -0.4 is 4.90 Å². The molecule has 1 aromatic rings. The van der Waals surface area contributed by atoms with Crippen molar-refractivity contribution in [3.05, 3.63) is 34.9 Å². The van der Waals surface area contributed by atoms with Crippen LogP contribution in [0.5, 0.6) is 0 Å². The highest BCUT2D eigenvalue weighted by atomic mass is 19.4. The number of hydrogen-bond donors (Lipinski definition) is 0. The lowest BCUT2D eigenvalue weighted by Crippen LogP contribution is -2.44. The van der Waals surface area contributed by atoms with Gasteiger partial charge in [-0.05, 0) is 38.6 Å². The predicted octanol–water partition coefficient (Wildman–Crippen LogP) is 3.71. The van der Waals surface area contributed by atoms with Gasteiger partial charge in [0.2, 0.25) is 0 Å².